The van der Waals surface area contributed by atoms with Gasteiger partial charge in [0.05, 0.1) is 34.7 Å². The number of aromatic nitrogens is 1. The summed E-state index contributed by atoms with van der Waals surface area (Å²) >= 11 is 1.19. The van der Waals surface area contributed by atoms with E-state index in [4.69, 9.17) is 4.74 Å². The number of sulfone groups is 1. The molecule has 0 fully saturated rings. The van der Waals surface area contributed by atoms with Gasteiger partial charge >= 0.3 is 0 Å². The minimum Gasteiger partial charge on any atom is -0.497 e. The number of thiazole rings is 1. The highest BCUT2D eigenvalue weighted by Crippen LogP contribution is 2.29. The van der Waals surface area contributed by atoms with Crippen LogP contribution in [0, 0.1) is 0 Å². The minimum atomic E-state index is -3.33. The van der Waals surface area contributed by atoms with Gasteiger partial charge < -0.3 is 15.4 Å². The van der Waals surface area contributed by atoms with E-state index in [1.54, 1.807) is 37.4 Å². The second kappa shape index (κ2) is 8.80. The lowest BCUT2D eigenvalue weighted by atomic mass is 10.0. The third-order valence-corrected chi connectivity index (χ3v) is 6.36. The van der Waals surface area contributed by atoms with Gasteiger partial charge in [0.25, 0.3) is 0 Å². The number of fused-ring (bicyclic) bond motifs is 1. The van der Waals surface area contributed by atoms with Crippen LogP contribution >= 0.6 is 11.3 Å². The summed E-state index contributed by atoms with van der Waals surface area (Å²) in [6.45, 7) is 1.39. The van der Waals surface area contributed by atoms with E-state index in [1.165, 1.54) is 30.4 Å². The van der Waals surface area contributed by atoms with E-state index in [2.05, 4.69) is 15.6 Å². The molecule has 3 rings (SSSR count). The van der Waals surface area contributed by atoms with Gasteiger partial charge in [0.2, 0.25) is 11.8 Å². The Bertz CT molecular complexity index is 1190. The molecule has 0 aliphatic heterocycles. The molecule has 1 unspecified atom stereocenters. The van der Waals surface area contributed by atoms with Gasteiger partial charge in [-0.25, -0.2) is 13.4 Å². The molecule has 2 aromatic carbocycles. The van der Waals surface area contributed by atoms with Crippen LogP contribution in [0.4, 0.5) is 5.13 Å². The normalized spacial score (nSPS) is 12.4. The summed E-state index contributed by atoms with van der Waals surface area (Å²) < 4.78 is 29.2. The lowest BCUT2D eigenvalue weighted by molar-refractivity contribution is -0.120. The van der Waals surface area contributed by atoms with E-state index in [-0.39, 0.29) is 23.1 Å². The Morgan fingerprint density at radius 1 is 1.17 bits per heavy atom. The lowest BCUT2D eigenvalue weighted by Crippen LogP contribution is -2.29. The minimum absolute atomic E-state index is 0.0103. The van der Waals surface area contributed by atoms with Crippen LogP contribution in [-0.4, -0.2) is 38.6 Å². The zero-order chi connectivity index (χ0) is 21.9. The molecule has 0 aliphatic carbocycles. The standard InChI is InChI=1S/C20H21N3O5S2/c1-12(24)21-17(13-4-6-14(28-2)7-5-13)11-19(25)23-20-22-16-9-8-15(30(3,26)27)10-18(16)29-20/h4-10,17H,11H2,1-3H3,(H,21,24)(H,22,23,25). The van der Waals surface area contributed by atoms with E-state index in [0.29, 0.717) is 21.1 Å². The Morgan fingerprint density at radius 2 is 1.87 bits per heavy atom. The van der Waals surface area contributed by atoms with Gasteiger partial charge in [-0.2, -0.15) is 0 Å². The van der Waals surface area contributed by atoms with E-state index in [9.17, 15) is 18.0 Å². The number of carbonyl (C=O) groups excluding carboxylic acids is 2. The molecule has 2 amide bonds. The van der Waals surface area contributed by atoms with E-state index in [0.717, 1.165) is 11.8 Å². The van der Waals surface area contributed by atoms with Gasteiger partial charge in [-0.1, -0.05) is 23.5 Å². The molecule has 1 atom stereocenters. The Labute approximate surface area is 178 Å². The van der Waals surface area contributed by atoms with Crippen LogP contribution in [0.15, 0.2) is 47.4 Å². The quantitative estimate of drug-likeness (QED) is 0.576. The molecule has 0 spiro atoms. The summed E-state index contributed by atoms with van der Waals surface area (Å²) in [4.78, 5) is 28.7. The summed E-state index contributed by atoms with van der Waals surface area (Å²) in [5.74, 6) is 0.0941. The van der Waals surface area contributed by atoms with Crippen molar-refractivity contribution in [3.05, 3.63) is 48.0 Å². The molecular formula is C20H21N3O5S2. The maximum Gasteiger partial charge on any atom is 0.228 e. The van der Waals surface area contributed by atoms with Crippen molar-refractivity contribution in [3.8, 4) is 5.75 Å². The first kappa shape index (κ1) is 21.7. The molecule has 0 saturated carbocycles. The van der Waals surface area contributed by atoms with Gasteiger partial charge in [-0.05, 0) is 35.9 Å². The van der Waals surface area contributed by atoms with Gasteiger partial charge in [0, 0.05) is 13.2 Å². The topological polar surface area (TPSA) is 114 Å². The Kier molecular flexibility index (Phi) is 6.37. The van der Waals surface area contributed by atoms with Gasteiger partial charge in [0.15, 0.2) is 15.0 Å². The van der Waals surface area contributed by atoms with E-state index >= 15 is 0 Å². The summed E-state index contributed by atoms with van der Waals surface area (Å²) in [7, 11) is -1.77. The highest BCUT2D eigenvalue weighted by Gasteiger charge is 2.19. The predicted octanol–water partition coefficient (Wildman–Crippen LogP) is 2.91. The number of hydrogen-bond donors (Lipinski definition) is 2. The number of ether oxygens (including phenoxy) is 1. The molecule has 158 valence electrons. The number of amides is 2. The average Bonchev–Trinajstić information content (AvgIpc) is 3.07. The highest BCUT2D eigenvalue weighted by molar-refractivity contribution is 7.90. The van der Waals surface area contributed by atoms with Crippen LogP contribution in [0.5, 0.6) is 5.75 Å². The predicted molar refractivity (Wildman–Crippen MR) is 116 cm³/mol. The van der Waals surface area contributed by atoms with Crippen LogP contribution in [0.3, 0.4) is 0 Å². The Hall–Kier alpha value is -2.98. The smallest absolute Gasteiger partial charge is 0.228 e. The number of benzene rings is 2. The molecule has 8 nitrogen and oxygen atoms in total. The first-order valence-corrected chi connectivity index (χ1v) is 11.7. The lowest BCUT2D eigenvalue weighted by Gasteiger charge is -2.18. The molecule has 3 aromatic rings. The average molecular weight is 448 g/mol. The Morgan fingerprint density at radius 3 is 2.47 bits per heavy atom. The SMILES string of the molecule is COc1ccc(C(CC(=O)Nc2nc3ccc(S(C)(=O)=O)cc3s2)NC(C)=O)cc1. The third kappa shape index (κ3) is 5.33. The van der Waals surface area contributed by atoms with Gasteiger partial charge in [0.1, 0.15) is 5.75 Å². The van der Waals surface area contributed by atoms with E-state index in [1.807, 2.05) is 0 Å². The number of hydrogen-bond acceptors (Lipinski definition) is 7. The molecule has 0 radical (unpaired) electrons. The second-order valence-electron chi connectivity index (χ2n) is 6.70. The highest BCUT2D eigenvalue weighted by atomic mass is 32.2. The molecule has 0 saturated heterocycles. The van der Waals surface area contributed by atoms with Gasteiger partial charge in [-0.15, -0.1) is 0 Å². The van der Waals surface area contributed by atoms with Crippen LogP contribution < -0.4 is 15.4 Å². The fourth-order valence-corrected chi connectivity index (χ4v) is 4.52. The number of methoxy groups -OCH3 is 1. The van der Waals surface area contributed by atoms with Crippen molar-refractivity contribution in [3.63, 3.8) is 0 Å². The summed E-state index contributed by atoms with van der Waals surface area (Å²) in [6.07, 6.45) is 1.15. The zero-order valence-electron chi connectivity index (χ0n) is 16.6. The van der Waals surface area contributed by atoms with Crippen LogP contribution in [0.25, 0.3) is 10.2 Å². The van der Waals surface area contributed by atoms with Crippen LogP contribution in [-0.2, 0) is 19.4 Å². The Balaban J connectivity index is 1.76. The first-order valence-electron chi connectivity index (χ1n) is 8.97. The van der Waals surface area contributed by atoms with Crippen molar-refractivity contribution in [1.29, 1.82) is 0 Å². The van der Waals surface area contributed by atoms with Crippen molar-refractivity contribution in [2.75, 3.05) is 18.7 Å². The summed E-state index contributed by atoms with van der Waals surface area (Å²) in [6, 6.07) is 11.2. The molecule has 10 heteroatoms. The van der Waals surface area contributed by atoms with Crippen molar-refractivity contribution < 1.29 is 22.7 Å². The molecule has 0 bridgehead atoms. The number of nitrogens with one attached hydrogen (secondary N) is 2. The summed E-state index contributed by atoms with van der Waals surface area (Å²) in [5, 5.41) is 5.86. The molecule has 0 aliphatic rings. The fourth-order valence-electron chi connectivity index (χ4n) is 2.88. The molecular weight excluding hydrogens is 426 g/mol. The monoisotopic (exact) mass is 447 g/mol. The maximum absolute atomic E-state index is 12.6. The molecule has 1 aromatic heterocycles. The maximum atomic E-state index is 12.6. The zero-order valence-corrected chi connectivity index (χ0v) is 18.3. The number of rotatable bonds is 7. The first-order chi connectivity index (χ1) is 14.2. The number of nitrogens with zero attached hydrogens (tertiary/aromatic N) is 1. The molecule has 1 heterocycles. The van der Waals surface area contributed by atoms with Crippen LogP contribution in [0.2, 0.25) is 0 Å². The van der Waals surface area contributed by atoms with Gasteiger partial charge in [-0.3, -0.25) is 9.59 Å². The number of carbonyl (C=O) groups is 2. The van der Waals surface area contributed by atoms with Crippen LogP contribution in [0.1, 0.15) is 24.9 Å². The van der Waals surface area contributed by atoms with Crippen molar-refractivity contribution >= 4 is 48.3 Å². The van der Waals surface area contributed by atoms with Crippen molar-refractivity contribution in [1.82, 2.24) is 10.3 Å². The third-order valence-electron chi connectivity index (χ3n) is 4.32. The second-order valence-corrected chi connectivity index (χ2v) is 9.75. The largest absolute Gasteiger partial charge is 0.497 e. The fraction of sp³-hybridized carbons (Fsp3) is 0.250. The number of anilines is 1. The summed E-state index contributed by atoms with van der Waals surface area (Å²) in [5.41, 5.74) is 1.36. The van der Waals surface area contributed by atoms with E-state index < -0.39 is 15.9 Å². The molecule has 30 heavy (non-hydrogen) atoms. The van der Waals surface area contributed by atoms with Crippen molar-refractivity contribution in [2.24, 2.45) is 0 Å². The van der Waals surface area contributed by atoms with Crippen molar-refractivity contribution in [2.45, 2.75) is 24.3 Å². The molecule has 2 N–H and O–H groups in total.